The van der Waals surface area contributed by atoms with Crippen molar-refractivity contribution in [3.63, 3.8) is 0 Å². The maximum atomic E-state index is 12.0. The van der Waals surface area contributed by atoms with E-state index in [4.69, 9.17) is 4.74 Å². The molecule has 0 aromatic carbocycles. The van der Waals surface area contributed by atoms with E-state index in [1.807, 2.05) is 0 Å². The zero-order chi connectivity index (χ0) is 30.6. The zero-order valence-corrected chi connectivity index (χ0v) is 28.9. The third kappa shape index (κ3) is 33.5. The minimum absolute atomic E-state index is 0.201. The van der Waals surface area contributed by atoms with E-state index in [1.54, 1.807) is 6.08 Å². The van der Waals surface area contributed by atoms with E-state index < -0.39 is 5.97 Å². The van der Waals surface area contributed by atoms with E-state index in [0.29, 0.717) is 6.61 Å². The average Bonchev–Trinajstić information content (AvgIpc) is 3.00. The predicted molar refractivity (Wildman–Crippen MR) is 185 cm³/mol. The van der Waals surface area contributed by atoms with Crippen LogP contribution in [0.25, 0.3) is 0 Å². The summed E-state index contributed by atoms with van der Waals surface area (Å²) in [5, 5.41) is 9.96. The summed E-state index contributed by atoms with van der Waals surface area (Å²) in [5.74, 6) is -0.750. The van der Waals surface area contributed by atoms with Gasteiger partial charge < -0.3 is 9.84 Å². The lowest BCUT2D eigenvalue weighted by Gasteiger charge is -2.05. The van der Waals surface area contributed by atoms with Crippen LogP contribution in [0.3, 0.4) is 0 Å². The smallest absolute Gasteiger partial charge is 0.373 e. The van der Waals surface area contributed by atoms with Crippen molar-refractivity contribution in [3.8, 4) is 0 Å². The Morgan fingerprint density at radius 1 is 0.429 bits per heavy atom. The Hall–Kier alpha value is -0.990. The molecule has 0 amide bonds. The van der Waals surface area contributed by atoms with Crippen LogP contribution in [0, 0.1) is 0 Å². The van der Waals surface area contributed by atoms with Crippen molar-refractivity contribution in [1.82, 2.24) is 0 Å². The first-order valence-corrected chi connectivity index (χ1v) is 19.3. The lowest BCUT2D eigenvalue weighted by Crippen LogP contribution is -2.08. The van der Waals surface area contributed by atoms with Gasteiger partial charge in [-0.25, -0.2) is 4.79 Å². The third-order valence-corrected chi connectivity index (χ3v) is 8.84. The lowest BCUT2D eigenvalue weighted by molar-refractivity contribution is -0.142. The van der Waals surface area contributed by atoms with Gasteiger partial charge >= 0.3 is 5.97 Å². The van der Waals surface area contributed by atoms with Crippen molar-refractivity contribution in [2.24, 2.45) is 0 Å². The predicted octanol–water partition coefficient (Wildman–Crippen LogP) is 13.9. The molecule has 0 aliphatic carbocycles. The van der Waals surface area contributed by atoms with Crippen LogP contribution in [0.5, 0.6) is 0 Å². The molecule has 0 saturated heterocycles. The minimum Gasteiger partial charge on any atom is -0.502 e. The van der Waals surface area contributed by atoms with Gasteiger partial charge in [0.2, 0.25) is 0 Å². The molecule has 0 aliphatic rings. The molecule has 0 bridgehead atoms. The highest BCUT2D eigenvalue weighted by Crippen LogP contribution is 2.16. The quantitative estimate of drug-likeness (QED) is 0.0344. The van der Waals surface area contributed by atoms with E-state index >= 15 is 0 Å². The van der Waals surface area contributed by atoms with E-state index in [-0.39, 0.29) is 5.76 Å². The molecule has 0 aromatic rings. The second-order valence-corrected chi connectivity index (χ2v) is 13.1. The molecule has 0 fully saturated rings. The van der Waals surface area contributed by atoms with E-state index in [0.717, 1.165) is 25.7 Å². The van der Waals surface area contributed by atoms with Crippen molar-refractivity contribution in [3.05, 3.63) is 11.8 Å². The van der Waals surface area contributed by atoms with E-state index in [1.165, 1.54) is 186 Å². The second kappa shape index (κ2) is 36.2. The van der Waals surface area contributed by atoms with Crippen LogP contribution in [0.1, 0.15) is 226 Å². The van der Waals surface area contributed by atoms with Gasteiger partial charge in [0.15, 0.2) is 5.76 Å². The first kappa shape index (κ1) is 41.0. The Kier molecular flexibility index (Phi) is 35.3. The highest BCUT2D eigenvalue weighted by Gasteiger charge is 2.08. The normalized spacial score (nSPS) is 11.8. The number of unbranched alkanes of at least 4 members (excludes halogenated alkanes) is 31. The van der Waals surface area contributed by atoms with Gasteiger partial charge in [-0.15, -0.1) is 0 Å². The van der Waals surface area contributed by atoms with Crippen molar-refractivity contribution in [1.29, 1.82) is 0 Å². The molecule has 0 saturated carbocycles. The largest absolute Gasteiger partial charge is 0.502 e. The molecular formula is C39H76O3. The Balaban J connectivity index is 3.33. The number of aliphatic hydroxyl groups excluding tert-OH is 1. The second-order valence-electron chi connectivity index (χ2n) is 13.1. The Morgan fingerprint density at radius 3 is 1.00 bits per heavy atom. The van der Waals surface area contributed by atoms with Gasteiger partial charge in [-0.2, -0.15) is 0 Å². The highest BCUT2D eigenvalue weighted by molar-refractivity contribution is 5.85. The summed E-state index contributed by atoms with van der Waals surface area (Å²) < 4.78 is 5.25. The maximum absolute atomic E-state index is 12.0. The first-order valence-electron chi connectivity index (χ1n) is 19.3. The SMILES string of the molecule is CCCCCCCCCCCCCCCCCCC=C(O)C(=O)OCCCCCCCCCCCCCCCCCC. The highest BCUT2D eigenvalue weighted by atomic mass is 16.5. The standard InChI is InChI=1S/C39H76O3/c1-3-5-7-9-11-13-15-17-19-21-22-24-26-28-30-32-34-36-38(40)39(41)42-37-35-33-31-29-27-25-23-20-18-16-14-12-10-8-6-4-2/h36,40H,3-35,37H2,1-2H3. The molecule has 42 heavy (non-hydrogen) atoms. The molecular weight excluding hydrogens is 516 g/mol. The molecule has 0 aromatic heterocycles. The Labute approximate surface area is 264 Å². The van der Waals surface area contributed by atoms with Crippen LogP contribution >= 0.6 is 0 Å². The number of hydrogen-bond acceptors (Lipinski definition) is 3. The number of rotatable bonds is 35. The van der Waals surface area contributed by atoms with Gasteiger partial charge in [0.1, 0.15) is 0 Å². The molecule has 0 spiro atoms. The summed E-state index contributed by atoms with van der Waals surface area (Å²) in [6.45, 7) is 4.99. The van der Waals surface area contributed by atoms with Crippen LogP contribution in [0.15, 0.2) is 11.8 Å². The van der Waals surface area contributed by atoms with E-state index in [2.05, 4.69) is 13.8 Å². The first-order chi connectivity index (χ1) is 20.7. The molecule has 1 N–H and O–H groups in total. The Morgan fingerprint density at radius 2 is 0.690 bits per heavy atom. The van der Waals surface area contributed by atoms with Gasteiger partial charge in [0, 0.05) is 0 Å². The molecule has 250 valence electrons. The lowest BCUT2D eigenvalue weighted by atomic mass is 10.0. The van der Waals surface area contributed by atoms with Crippen LogP contribution in [0.2, 0.25) is 0 Å². The van der Waals surface area contributed by atoms with Gasteiger partial charge in [-0.1, -0.05) is 206 Å². The summed E-state index contributed by atoms with van der Waals surface area (Å²) in [5.41, 5.74) is 0. The van der Waals surface area contributed by atoms with Gasteiger partial charge in [0.05, 0.1) is 6.61 Å². The topological polar surface area (TPSA) is 46.5 Å². The fourth-order valence-electron chi connectivity index (χ4n) is 5.90. The van der Waals surface area contributed by atoms with Crippen molar-refractivity contribution in [2.45, 2.75) is 226 Å². The number of aliphatic hydroxyl groups is 1. The number of esters is 1. The molecule has 0 atom stereocenters. The van der Waals surface area contributed by atoms with Crippen molar-refractivity contribution >= 4 is 5.97 Å². The fourth-order valence-corrected chi connectivity index (χ4v) is 5.90. The van der Waals surface area contributed by atoms with Crippen molar-refractivity contribution in [2.75, 3.05) is 6.61 Å². The Bertz CT molecular complexity index is 556. The van der Waals surface area contributed by atoms with Crippen LogP contribution in [0.4, 0.5) is 0 Å². The molecule has 0 rings (SSSR count). The molecule has 3 heteroatoms. The molecule has 0 heterocycles. The summed E-state index contributed by atoms with van der Waals surface area (Å²) in [7, 11) is 0. The van der Waals surface area contributed by atoms with Crippen LogP contribution in [-0.2, 0) is 9.53 Å². The summed E-state index contributed by atoms with van der Waals surface area (Å²) >= 11 is 0. The van der Waals surface area contributed by atoms with Crippen molar-refractivity contribution < 1.29 is 14.6 Å². The number of hydrogen-bond donors (Lipinski definition) is 1. The van der Waals surface area contributed by atoms with Gasteiger partial charge in [-0.05, 0) is 25.3 Å². The minimum atomic E-state index is -0.549. The summed E-state index contributed by atoms with van der Waals surface area (Å²) in [4.78, 5) is 12.0. The molecule has 3 nitrogen and oxygen atoms in total. The molecule has 0 unspecified atom stereocenters. The zero-order valence-electron chi connectivity index (χ0n) is 28.9. The van der Waals surface area contributed by atoms with Crippen LogP contribution < -0.4 is 0 Å². The van der Waals surface area contributed by atoms with Crippen LogP contribution in [-0.4, -0.2) is 17.7 Å². The summed E-state index contributed by atoms with van der Waals surface area (Å²) in [6, 6.07) is 0. The maximum Gasteiger partial charge on any atom is 0.373 e. The number of allylic oxidation sites excluding steroid dienone is 1. The monoisotopic (exact) mass is 593 g/mol. The number of carbonyl (C=O) groups is 1. The number of ether oxygens (including phenoxy) is 1. The van der Waals surface area contributed by atoms with Gasteiger partial charge in [0.25, 0.3) is 0 Å². The molecule has 0 aliphatic heterocycles. The summed E-state index contributed by atoms with van der Waals surface area (Å²) in [6.07, 6.45) is 45.4. The third-order valence-electron chi connectivity index (χ3n) is 8.84. The fraction of sp³-hybridized carbons (Fsp3) is 0.923. The number of carbonyl (C=O) groups excluding carboxylic acids is 1. The molecule has 0 radical (unpaired) electrons. The van der Waals surface area contributed by atoms with E-state index in [9.17, 15) is 9.90 Å². The van der Waals surface area contributed by atoms with Gasteiger partial charge in [-0.3, -0.25) is 0 Å². The average molecular weight is 593 g/mol.